The van der Waals surface area contributed by atoms with E-state index in [1.54, 1.807) is 11.8 Å². The Labute approximate surface area is 158 Å². The van der Waals surface area contributed by atoms with Gasteiger partial charge in [-0.1, -0.05) is 72.4 Å². The smallest absolute Gasteiger partial charge is 0.256 e. The molecule has 0 N–H and O–H groups in total. The molecule has 0 aliphatic carbocycles. The van der Waals surface area contributed by atoms with Crippen molar-refractivity contribution < 1.29 is 9.15 Å². The summed E-state index contributed by atoms with van der Waals surface area (Å²) in [5.41, 5.74) is 3.04. The molecule has 1 fully saturated rings. The van der Waals surface area contributed by atoms with E-state index in [2.05, 4.69) is 29.2 Å². The molecule has 26 heavy (non-hydrogen) atoms. The number of nitrogens with zero attached hydrogens (tertiary/aromatic N) is 2. The van der Waals surface area contributed by atoms with Gasteiger partial charge in [0.25, 0.3) is 5.22 Å². The average Bonchev–Trinajstić information content (AvgIpc) is 3.14. The first-order valence-electron chi connectivity index (χ1n) is 8.95. The van der Waals surface area contributed by atoms with Crippen LogP contribution >= 0.6 is 11.8 Å². The molecule has 1 aromatic heterocycles. The molecule has 0 atom stereocenters. The second-order valence-corrected chi connectivity index (χ2v) is 7.24. The van der Waals surface area contributed by atoms with Crippen molar-refractivity contribution in [1.29, 1.82) is 0 Å². The van der Waals surface area contributed by atoms with Crippen LogP contribution in [0.25, 0.3) is 22.6 Å². The van der Waals surface area contributed by atoms with Gasteiger partial charge in [-0.05, 0) is 0 Å². The molecule has 0 bridgehead atoms. The van der Waals surface area contributed by atoms with Crippen molar-refractivity contribution in [1.82, 2.24) is 9.88 Å². The summed E-state index contributed by atoms with van der Waals surface area (Å²) in [6.45, 7) is 4.71. The van der Waals surface area contributed by atoms with Gasteiger partial charge in [-0.25, -0.2) is 4.98 Å². The van der Waals surface area contributed by atoms with Crippen molar-refractivity contribution >= 4 is 11.8 Å². The van der Waals surface area contributed by atoms with Crippen molar-refractivity contribution in [2.24, 2.45) is 0 Å². The molecule has 0 spiro atoms. The third-order valence-corrected chi connectivity index (χ3v) is 5.24. The molecule has 0 radical (unpaired) electrons. The zero-order valence-corrected chi connectivity index (χ0v) is 15.5. The molecule has 3 aromatic rings. The lowest BCUT2D eigenvalue weighted by atomic mass is 10.1. The van der Waals surface area contributed by atoms with Gasteiger partial charge in [-0.3, -0.25) is 4.90 Å². The summed E-state index contributed by atoms with van der Waals surface area (Å²) in [5, 5.41) is 0.732. The van der Waals surface area contributed by atoms with Crippen molar-refractivity contribution in [3.05, 3.63) is 60.7 Å². The minimum Gasteiger partial charge on any atom is -0.431 e. The molecule has 5 heteroatoms. The van der Waals surface area contributed by atoms with E-state index in [0.717, 1.165) is 66.4 Å². The standard InChI is InChI=1S/C21H22N2O2S/c1-3-7-17(8-4-1)19-20(18-9-5-2-6-10-18)25-21(22-19)26-16-13-23-11-14-24-15-12-23/h1-10H,11-16H2. The molecule has 4 nitrogen and oxygen atoms in total. The van der Waals surface area contributed by atoms with E-state index in [-0.39, 0.29) is 0 Å². The fraction of sp³-hybridized carbons (Fsp3) is 0.286. The lowest BCUT2D eigenvalue weighted by Crippen LogP contribution is -2.37. The minimum absolute atomic E-state index is 0.732. The number of benzene rings is 2. The first-order chi connectivity index (χ1) is 12.9. The van der Waals surface area contributed by atoms with E-state index < -0.39 is 0 Å². The summed E-state index contributed by atoms with van der Waals surface area (Å²) < 4.78 is 11.6. The predicted molar refractivity (Wildman–Crippen MR) is 105 cm³/mol. The summed E-state index contributed by atoms with van der Waals surface area (Å²) >= 11 is 1.68. The lowest BCUT2D eigenvalue weighted by molar-refractivity contribution is 0.0410. The Morgan fingerprint density at radius 1 is 0.885 bits per heavy atom. The fourth-order valence-corrected chi connectivity index (χ4v) is 3.85. The van der Waals surface area contributed by atoms with Gasteiger partial charge < -0.3 is 9.15 Å². The van der Waals surface area contributed by atoms with Gasteiger partial charge >= 0.3 is 0 Å². The summed E-state index contributed by atoms with van der Waals surface area (Å²) in [4.78, 5) is 7.22. The van der Waals surface area contributed by atoms with Crippen LogP contribution in [0.1, 0.15) is 0 Å². The first kappa shape index (κ1) is 17.3. The third kappa shape index (κ3) is 4.18. The second-order valence-electron chi connectivity index (χ2n) is 6.19. The van der Waals surface area contributed by atoms with Crippen molar-refractivity contribution in [3.8, 4) is 22.6 Å². The van der Waals surface area contributed by atoms with Crippen LogP contribution < -0.4 is 0 Å². The van der Waals surface area contributed by atoms with Crippen LogP contribution in [0.4, 0.5) is 0 Å². The zero-order valence-electron chi connectivity index (χ0n) is 14.6. The fourth-order valence-electron chi connectivity index (χ4n) is 3.03. The van der Waals surface area contributed by atoms with E-state index in [1.165, 1.54) is 0 Å². The number of hydrogen-bond acceptors (Lipinski definition) is 5. The average molecular weight is 366 g/mol. The Morgan fingerprint density at radius 2 is 1.54 bits per heavy atom. The van der Waals surface area contributed by atoms with Crippen LogP contribution in [0.3, 0.4) is 0 Å². The van der Waals surface area contributed by atoms with E-state index >= 15 is 0 Å². The highest BCUT2D eigenvalue weighted by molar-refractivity contribution is 7.99. The number of oxazole rings is 1. The summed E-state index contributed by atoms with van der Waals surface area (Å²) in [7, 11) is 0. The molecule has 1 aliphatic rings. The van der Waals surface area contributed by atoms with Crippen LogP contribution in [0.2, 0.25) is 0 Å². The number of rotatable bonds is 6. The van der Waals surface area contributed by atoms with Crippen molar-refractivity contribution in [2.75, 3.05) is 38.6 Å². The number of ether oxygens (including phenoxy) is 1. The number of hydrogen-bond donors (Lipinski definition) is 0. The van der Waals surface area contributed by atoms with Crippen LogP contribution in [-0.4, -0.2) is 48.5 Å². The molecule has 1 aliphatic heterocycles. The molecule has 2 heterocycles. The van der Waals surface area contributed by atoms with Crippen LogP contribution in [0.5, 0.6) is 0 Å². The number of morpholine rings is 1. The molecule has 0 amide bonds. The van der Waals surface area contributed by atoms with Gasteiger partial charge in [0.15, 0.2) is 5.76 Å². The van der Waals surface area contributed by atoms with Gasteiger partial charge in [0.2, 0.25) is 0 Å². The van der Waals surface area contributed by atoms with Crippen molar-refractivity contribution in [2.45, 2.75) is 5.22 Å². The van der Waals surface area contributed by atoms with Crippen LogP contribution in [0, 0.1) is 0 Å². The quantitative estimate of drug-likeness (QED) is 0.603. The van der Waals surface area contributed by atoms with Gasteiger partial charge in [-0.15, -0.1) is 0 Å². The Morgan fingerprint density at radius 3 is 2.23 bits per heavy atom. The first-order valence-corrected chi connectivity index (χ1v) is 9.93. The molecular weight excluding hydrogens is 344 g/mol. The lowest BCUT2D eigenvalue weighted by Gasteiger charge is -2.25. The molecule has 134 valence electrons. The normalized spacial score (nSPS) is 15.2. The monoisotopic (exact) mass is 366 g/mol. The van der Waals surface area contributed by atoms with Gasteiger partial charge in [-0.2, -0.15) is 0 Å². The summed E-state index contributed by atoms with van der Waals surface area (Å²) in [5.74, 6) is 1.80. The van der Waals surface area contributed by atoms with E-state index in [1.807, 2.05) is 36.4 Å². The summed E-state index contributed by atoms with van der Waals surface area (Å²) in [6, 6.07) is 20.4. The summed E-state index contributed by atoms with van der Waals surface area (Å²) in [6.07, 6.45) is 0. The topological polar surface area (TPSA) is 38.5 Å². The Balaban J connectivity index is 1.53. The molecule has 0 unspecified atom stereocenters. The van der Waals surface area contributed by atoms with E-state index in [0.29, 0.717) is 0 Å². The van der Waals surface area contributed by atoms with Gasteiger partial charge in [0, 0.05) is 36.5 Å². The highest BCUT2D eigenvalue weighted by Gasteiger charge is 2.17. The number of thioether (sulfide) groups is 1. The molecular formula is C21H22N2O2S. The number of aromatic nitrogens is 1. The van der Waals surface area contributed by atoms with Crippen molar-refractivity contribution in [3.63, 3.8) is 0 Å². The molecule has 4 rings (SSSR count). The third-order valence-electron chi connectivity index (χ3n) is 4.43. The maximum Gasteiger partial charge on any atom is 0.256 e. The highest BCUT2D eigenvalue weighted by atomic mass is 32.2. The van der Waals surface area contributed by atoms with Gasteiger partial charge in [0.1, 0.15) is 5.69 Å². The molecule has 1 saturated heterocycles. The largest absolute Gasteiger partial charge is 0.431 e. The maximum atomic E-state index is 6.15. The van der Waals surface area contributed by atoms with Gasteiger partial charge in [0.05, 0.1) is 13.2 Å². The molecule has 2 aromatic carbocycles. The maximum absolute atomic E-state index is 6.15. The zero-order chi connectivity index (χ0) is 17.6. The Bertz CT molecular complexity index is 758. The second kappa shape index (κ2) is 8.54. The van der Waals surface area contributed by atoms with Crippen LogP contribution in [-0.2, 0) is 4.74 Å². The molecule has 0 saturated carbocycles. The predicted octanol–water partition coefficient (Wildman–Crippen LogP) is 4.43. The Kier molecular flexibility index (Phi) is 5.69. The van der Waals surface area contributed by atoms with E-state index in [9.17, 15) is 0 Å². The van der Waals surface area contributed by atoms with E-state index in [4.69, 9.17) is 14.1 Å². The Hall–Kier alpha value is -2.08. The van der Waals surface area contributed by atoms with Crippen LogP contribution in [0.15, 0.2) is 70.3 Å². The minimum atomic E-state index is 0.732. The SMILES string of the molecule is c1ccc(-c2nc(SCCN3CCOCC3)oc2-c2ccccc2)cc1. The highest BCUT2D eigenvalue weighted by Crippen LogP contribution is 2.35.